The van der Waals surface area contributed by atoms with E-state index in [1.54, 1.807) is 4.57 Å². The second-order valence-electron chi connectivity index (χ2n) is 6.56. The summed E-state index contributed by atoms with van der Waals surface area (Å²) in [5.74, 6) is -0.207. The van der Waals surface area contributed by atoms with Crippen molar-refractivity contribution in [3.8, 4) is 5.75 Å². The van der Waals surface area contributed by atoms with Crippen LogP contribution in [0, 0.1) is 20.8 Å². The number of carbonyl (C=O) groups excluding carboxylic acids is 2. The first kappa shape index (κ1) is 19.8. The zero-order chi connectivity index (χ0) is 20.3. The molecule has 3 rings (SSSR count). The van der Waals surface area contributed by atoms with E-state index in [4.69, 9.17) is 9.47 Å². The molecule has 146 valence electrons. The fourth-order valence-electron chi connectivity index (χ4n) is 2.67. The Kier molecular flexibility index (Phi) is 5.94. The number of thiazole rings is 1. The summed E-state index contributed by atoms with van der Waals surface area (Å²) in [6.45, 7) is 5.83. The zero-order valence-corrected chi connectivity index (χ0v) is 17.1. The predicted molar refractivity (Wildman–Crippen MR) is 109 cm³/mol. The molecule has 0 spiro atoms. The Labute approximate surface area is 167 Å². The van der Waals surface area contributed by atoms with Crippen LogP contribution in [-0.2, 0) is 20.9 Å². The van der Waals surface area contributed by atoms with Crippen molar-refractivity contribution >= 4 is 33.4 Å². The normalized spacial score (nSPS) is 11.6. The van der Waals surface area contributed by atoms with Crippen molar-refractivity contribution in [2.24, 2.45) is 4.99 Å². The zero-order valence-electron chi connectivity index (χ0n) is 16.3. The number of rotatable bonds is 5. The van der Waals surface area contributed by atoms with Gasteiger partial charge in [-0.2, -0.15) is 4.99 Å². The molecule has 28 heavy (non-hydrogen) atoms. The van der Waals surface area contributed by atoms with Crippen LogP contribution >= 0.6 is 11.3 Å². The number of benzene rings is 2. The van der Waals surface area contributed by atoms with Crippen LogP contribution in [0.3, 0.4) is 0 Å². The highest BCUT2D eigenvalue weighted by Gasteiger charge is 2.13. The molecule has 6 nitrogen and oxygen atoms in total. The van der Waals surface area contributed by atoms with Crippen molar-refractivity contribution in [3.05, 3.63) is 57.9 Å². The van der Waals surface area contributed by atoms with Gasteiger partial charge in [0, 0.05) is 0 Å². The van der Waals surface area contributed by atoms with E-state index in [9.17, 15) is 9.59 Å². The molecule has 0 N–H and O–H groups in total. The Morgan fingerprint density at radius 2 is 1.75 bits per heavy atom. The van der Waals surface area contributed by atoms with Gasteiger partial charge in [0.1, 0.15) is 12.3 Å². The van der Waals surface area contributed by atoms with Gasteiger partial charge in [-0.05, 0) is 56.2 Å². The number of carbonyl (C=O) groups is 2. The Morgan fingerprint density at radius 1 is 1.07 bits per heavy atom. The highest BCUT2D eigenvalue weighted by Crippen LogP contribution is 2.22. The number of aryl methyl sites for hydroxylation is 3. The number of nitrogens with zero attached hydrogens (tertiary/aromatic N) is 2. The molecule has 0 atom stereocenters. The SMILES string of the molecule is COC(=O)Cn1c(=NC(=O)COc2ccc(C)cc2)sc2cc(C)c(C)cc21. The number of amides is 1. The van der Waals surface area contributed by atoms with E-state index in [1.165, 1.54) is 18.4 Å². The minimum absolute atomic E-state index is 0.00999. The molecule has 0 bridgehead atoms. The lowest BCUT2D eigenvalue weighted by Crippen LogP contribution is -2.23. The van der Waals surface area contributed by atoms with Crippen LogP contribution in [0.2, 0.25) is 0 Å². The molecule has 1 aromatic heterocycles. The topological polar surface area (TPSA) is 69.9 Å². The van der Waals surface area contributed by atoms with Crippen molar-refractivity contribution in [1.29, 1.82) is 0 Å². The van der Waals surface area contributed by atoms with E-state index in [-0.39, 0.29) is 13.2 Å². The van der Waals surface area contributed by atoms with Crippen molar-refractivity contribution < 1.29 is 19.1 Å². The third kappa shape index (κ3) is 4.48. The molecule has 7 heteroatoms. The molecule has 0 unspecified atom stereocenters. The van der Waals surface area contributed by atoms with E-state index in [2.05, 4.69) is 4.99 Å². The maximum absolute atomic E-state index is 12.4. The number of aromatic nitrogens is 1. The largest absolute Gasteiger partial charge is 0.484 e. The van der Waals surface area contributed by atoms with Crippen LogP contribution in [0.1, 0.15) is 16.7 Å². The smallest absolute Gasteiger partial charge is 0.325 e. The van der Waals surface area contributed by atoms with Crippen molar-refractivity contribution in [2.45, 2.75) is 27.3 Å². The molecule has 0 saturated carbocycles. The average Bonchev–Trinajstić information content (AvgIpc) is 2.97. The summed E-state index contributed by atoms with van der Waals surface area (Å²) in [5.41, 5.74) is 4.21. The van der Waals surface area contributed by atoms with Gasteiger partial charge >= 0.3 is 5.97 Å². The second-order valence-corrected chi connectivity index (χ2v) is 7.57. The Morgan fingerprint density at radius 3 is 2.43 bits per heavy atom. The molecule has 2 aromatic carbocycles. The second kappa shape index (κ2) is 8.39. The fourth-order valence-corrected chi connectivity index (χ4v) is 3.80. The van der Waals surface area contributed by atoms with Crippen LogP contribution < -0.4 is 9.54 Å². The third-order valence-electron chi connectivity index (χ3n) is 4.42. The minimum atomic E-state index is -0.417. The van der Waals surface area contributed by atoms with E-state index in [1.807, 2.05) is 57.2 Å². The van der Waals surface area contributed by atoms with Gasteiger partial charge in [0.15, 0.2) is 11.4 Å². The van der Waals surface area contributed by atoms with Crippen molar-refractivity contribution in [2.75, 3.05) is 13.7 Å². The van der Waals surface area contributed by atoms with Crippen LogP contribution in [0.25, 0.3) is 10.2 Å². The van der Waals surface area contributed by atoms with Crippen molar-refractivity contribution in [3.63, 3.8) is 0 Å². The molecule has 0 aliphatic heterocycles. The molecule has 1 amide bonds. The third-order valence-corrected chi connectivity index (χ3v) is 5.46. The average molecular weight is 398 g/mol. The van der Waals surface area contributed by atoms with Gasteiger partial charge in [0.25, 0.3) is 5.91 Å². The first-order valence-corrected chi connectivity index (χ1v) is 9.63. The highest BCUT2D eigenvalue weighted by molar-refractivity contribution is 7.16. The van der Waals surface area contributed by atoms with Crippen molar-refractivity contribution in [1.82, 2.24) is 4.57 Å². The first-order valence-electron chi connectivity index (χ1n) is 8.82. The summed E-state index contributed by atoms with van der Waals surface area (Å²) >= 11 is 1.36. The summed E-state index contributed by atoms with van der Waals surface area (Å²) in [6, 6.07) is 11.5. The number of fused-ring (bicyclic) bond motifs is 1. The van der Waals surface area contributed by atoms with Gasteiger partial charge in [0.2, 0.25) is 0 Å². The monoisotopic (exact) mass is 398 g/mol. The van der Waals surface area contributed by atoms with E-state index in [0.29, 0.717) is 10.6 Å². The van der Waals surface area contributed by atoms with E-state index < -0.39 is 11.9 Å². The molecule has 3 aromatic rings. The molecule has 0 fully saturated rings. The number of ether oxygens (including phenoxy) is 2. The van der Waals surface area contributed by atoms with E-state index in [0.717, 1.165) is 26.9 Å². The highest BCUT2D eigenvalue weighted by atomic mass is 32.1. The summed E-state index contributed by atoms with van der Waals surface area (Å²) in [5, 5.41) is 0. The van der Waals surface area contributed by atoms with Gasteiger partial charge in [-0.15, -0.1) is 0 Å². The molecule has 0 radical (unpaired) electrons. The number of methoxy groups -OCH3 is 1. The number of hydrogen-bond donors (Lipinski definition) is 0. The lowest BCUT2D eigenvalue weighted by Gasteiger charge is -2.06. The summed E-state index contributed by atoms with van der Waals surface area (Å²) < 4.78 is 13.0. The maximum atomic E-state index is 12.4. The minimum Gasteiger partial charge on any atom is -0.484 e. The Balaban J connectivity index is 1.92. The standard InChI is InChI=1S/C21H22N2O4S/c1-13-5-7-16(8-6-13)27-12-19(24)22-21-23(11-20(25)26-4)17-9-14(2)15(3)10-18(17)28-21/h5-10H,11-12H2,1-4H3. The van der Waals surface area contributed by atoms with Gasteiger partial charge < -0.3 is 14.0 Å². The van der Waals surface area contributed by atoms with Crippen LogP contribution in [0.4, 0.5) is 0 Å². The Hall–Kier alpha value is -2.93. The van der Waals surface area contributed by atoms with Crippen LogP contribution in [0.15, 0.2) is 41.4 Å². The fraction of sp³-hybridized carbons (Fsp3) is 0.286. The van der Waals surface area contributed by atoms with Gasteiger partial charge in [-0.3, -0.25) is 9.59 Å². The van der Waals surface area contributed by atoms with Gasteiger partial charge in [-0.1, -0.05) is 29.0 Å². The Bertz CT molecular complexity index is 1090. The van der Waals surface area contributed by atoms with Crippen LogP contribution in [0.5, 0.6) is 5.75 Å². The molecular weight excluding hydrogens is 376 g/mol. The van der Waals surface area contributed by atoms with E-state index >= 15 is 0 Å². The van der Waals surface area contributed by atoms with Crippen LogP contribution in [-0.4, -0.2) is 30.2 Å². The lowest BCUT2D eigenvalue weighted by molar-refractivity contribution is -0.141. The predicted octanol–water partition coefficient (Wildman–Crippen LogP) is 3.31. The van der Waals surface area contributed by atoms with Gasteiger partial charge in [-0.25, -0.2) is 0 Å². The number of esters is 1. The summed E-state index contributed by atoms with van der Waals surface area (Å²) in [4.78, 5) is 28.9. The maximum Gasteiger partial charge on any atom is 0.325 e. The first-order chi connectivity index (χ1) is 13.4. The molecule has 0 aliphatic rings. The molecule has 1 heterocycles. The summed E-state index contributed by atoms with van der Waals surface area (Å²) in [6.07, 6.45) is 0. The molecule has 0 aliphatic carbocycles. The number of hydrogen-bond acceptors (Lipinski definition) is 5. The summed E-state index contributed by atoms with van der Waals surface area (Å²) in [7, 11) is 1.34. The lowest BCUT2D eigenvalue weighted by atomic mass is 10.1. The quantitative estimate of drug-likeness (QED) is 0.619. The molecular formula is C21H22N2O4S. The molecule has 0 saturated heterocycles. The van der Waals surface area contributed by atoms with Gasteiger partial charge in [0.05, 0.1) is 17.3 Å².